The number of amides is 1. The molecule has 0 radical (unpaired) electrons. The van der Waals surface area contributed by atoms with Crippen LogP contribution in [0.5, 0.6) is 0 Å². The molecule has 0 aliphatic heterocycles. The second-order valence-corrected chi connectivity index (χ2v) is 7.19. The van der Waals surface area contributed by atoms with Gasteiger partial charge in [-0.15, -0.1) is 0 Å². The summed E-state index contributed by atoms with van der Waals surface area (Å²) in [5.74, 6) is -2.20. The molecule has 2 bridgehead atoms. The predicted octanol–water partition coefficient (Wildman–Crippen LogP) is 0.393. The molecule has 0 aromatic carbocycles. The van der Waals surface area contributed by atoms with Crippen LogP contribution in [0.1, 0.15) is 13.3 Å². The van der Waals surface area contributed by atoms with Gasteiger partial charge in [-0.3, -0.25) is 13.8 Å². The van der Waals surface area contributed by atoms with Gasteiger partial charge in [0.25, 0.3) is 0 Å². The fourth-order valence-electron chi connectivity index (χ4n) is 3.00. The molecule has 0 aromatic heterocycles. The molecule has 1 saturated carbocycles. The lowest BCUT2D eigenvalue weighted by Crippen LogP contribution is -2.42. The fraction of sp³-hybridized carbons (Fsp3) is 0.692. The molecule has 106 valence electrons. The Morgan fingerprint density at radius 2 is 1.95 bits per heavy atom. The fourth-order valence-corrected chi connectivity index (χ4v) is 3.31. The summed E-state index contributed by atoms with van der Waals surface area (Å²) in [5.41, 5.74) is 0. The molecule has 2 N–H and O–H groups in total. The van der Waals surface area contributed by atoms with Crippen molar-refractivity contribution in [3.63, 3.8) is 0 Å². The van der Waals surface area contributed by atoms with Crippen molar-refractivity contribution in [1.82, 2.24) is 5.32 Å². The van der Waals surface area contributed by atoms with E-state index in [0.717, 1.165) is 6.42 Å². The van der Waals surface area contributed by atoms with Crippen molar-refractivity contribution in [2.45, 2.75) is 18.6 Å². The largest absolute Gasteiger partial charge is 0.481 e. The highest BCUT2D eigenvalue weighted by molar-refractivity contribution is 7.84. The molecule has 6 unspecified atom stereocenters. The monoisotopic (exact) mass is 285 g/mol. The Bertz CT molecular complexity index is 448. The Morgan fingerprint density at radius 3 is 2.47 bits per heavy atom. The van der Waals surface area contributed by atoms with Crippen LogP contribution < -0.4 is 5.32 Å². The minimum atomic E-state index is -0.993. The van der Waals surface area contributed by atoms with E-state index in [2.05, 4.69) is 5.32 Å². The van der Waals surface area contributed by atoms with Gasteiger partial charge in [0, 0.05) is 28.9 Å². The van der Waals surface area contributed by atoms with Crippen LogP contribution >= 0.6 is 0 Å². The molecular weight excluding hydrogens is 266 g/mol. The number of hydrogen-bond donors (Lipinski definition) is 2. The smallest absolute Gasteiger partial charge is 0.307 e. The van der Waals surface area contributed by atoms with Crippen LogP contribution in [0.2, 0.25) is 0 Å². The lowest BCUT2D eigenvalue weighted by atomic mass is 9.82. The lowest BCUT2D eigenvalue weighted by molar-refractivity contribution is -0.147. The van der Waals surface area contributed by atoms with E-state index in [1.54, 1.807) is 13.2 Å². The van der Waals surface area contributed by atoms with E-state index in [9.17, 15) is 18.9 Å². The maximum Gasteiger partial charge on any atom is 0.307 e. The Kier molecular flexibility index (Phi) is 4.08. The topological polar surface area (TPSA) is 83.5 Å². The number of carboxylic acid groups (broad SMARTS) is 1. The third kappa shape index (κ3) is 2.73. The van der Waals surface area contributed by atoms with Gasteiger partial charge in [-0.25, -0.2) is 0 Å². The quantitative estimate of drug-likeness (QED) is 0.716. The summed E-state index contributed by atoms with van der Waals surface area (Å²) in [7, 11) is -0.993. The van der Waals surface area contributed by atoms with Gasteiger partial charge in [0.2, 0.25) is 5.91 Å². The Balaban J connectivity index is 2.00. The molecule has 0 spiro atoms. The summed E-state index contributed by atoms with van der Waals surface area (Å²) in [6, 6.07) is 0. The Morgan fingerprint density at radius 1 is 1.37 bits per heavy atom. The third-order valence-corrected chi connectivity index (χ3v) is 5.48. The van der Waals surface area contributed by atoms with Crippen molar-refractivity contribution in [2.24, 2.45) is 23.7 Å². The van der Waals surface area contributed by atoms with E-state index in [-0.39, 0.29) is 23.0 Å². The number of carboxylic acids is 1. The second kappa shape index (κ2) is 5.45. The van der Waals surface area contributed by atoms with Crippen molar-refractivity contribution >= 4 is 22.7 Å². The van der Waals surface area contributed by atoms with Crippen molar-refractivity contribution in [1.29, 1.82) is 0 Å². The molecule has 0 aromatic rings. The first-order chi connectivity index (χ1) is 8.91. The van der Waals surface area contributed by atoms with Gasteiger partial charge in [0.1, 0.15) is 0 Å². The van der Waals surface area contributed by atoms with Crippen LogP contribution in [0.3, 0.4) is 0 Å². The maximum atomic E-state index is 12.2. The second-order valence-electron chi connectivity index (χ2n) is 5.39. The molecule has 1 fully saturated rings. The summed E-state index contributed by atoms with van der Waals surface area (Å²) in [6.45, 7) is 2.12. The molecule has 2 aliphatic rings. The minimum Gasteiger partial charge on any atom is -0.481 e. The van der Waals surface area contributed by atoms with Crippen molar-refractivity contribution < 1.29 is 18.9 Å². The van der Waals surface area contributed by atoms with Crippen LogP contribution in [0.25, 0.3) is 0 Å². The number of rotatable bonds is 5. The van der Waals surface area contributed by atoms with Gasteiger partial charge in [-0.1, -0.05) is 12.2 Å². The molecule has 19 heavy (non-hydrogen) atoms. The van der Waals surface area contributed by atoms with Crippen molar-refractivity contribution in [3.8, 4) is 0 Å². The van der Waals surface area contributed by atoms with Gasteiger partial charge in [-0.05, 0) is 25.2 Å². The van der Waals surface area contributed by atoms with Crippen LogP contribution in [0.4, 0.5) is 0 Å². The zero-order valence-electron chi connectivity index (χ0n) is 11.0. The van der Waals surface area contributed by atoms with Crippen molar-refractivity contribution in [2.75, 3.05) is 12.8 Å². The van der Waals surface area contributed by atoms with Gasteiger partial charge in [0.05, 0.1) is 11.8 Å². The average molecular weight is 285 g/mol. The van der Waals surface area contributed by atoms with Gasteiger partial charge in [-0.2, -0.15) is 0 Å². The highest BCUT2D eigenvalue weighted by Crippen LogP contribution is 2.48. The predicted molar refractivity (Wildman–Crippen MR) is 71.9 cm³/mol. The number of carbonyl (C=O) groups is 2. The minimum absolute atomic E-state index is 0.0176. The molecular formula is C13H19NO4S. The SMILES string of the molecule is CC(CNC(=O)C1C2C=CC(C2)C1C(=O)O)S(C)=O. The van der Waals surface area contributed by atoms with Crippen LogP contribution in [-0.2, 0) is 20.4 Å². The summed E-state index contributed by atoms with van der Waals surface area (Å²) in [5, 5.41) is 11.9. The first-order valence-corrected chi connectivity index (χ1v) is 8.05. The average Bonchev–Trinajstić information content (AvgIpc) is 2.94. The molecule has 0 heterocycles. The highest BCUT2D eigenvalue weighted by Gasteiger charge is 2.51. The van der Waals surface area contributed by atoms with E-state index < -0.39 is 28.6 Å². The highest BCUT2D eigenvalue weighted by atomic mass is 32.2. The van der Waals surface area contributed by atoms with E-state index in [1.165, 1.54) is 0 Å². The number of carbonyl (C=O) groups excluding carboxylic acids is 1. The van der Waals surface area contributed by atoms with Gasteiger partial charge >= 0.3 is 5.97 Å². The lowest BCUT2D eigenvalue weighted by Gasteiger charge is -2.24. The molecule has 0 saturated heterocycles. The first kappa shape index (κ1) is 14.2. The summed E-state index contributed by atoms with van der Waals surface area (Å²) in [6.07, 6.45) is 6.22. The zero-order valence-corrected chi connectivity index (χ0v) is 11.9. The summed E-state index contributed by atoms with van der Waals surface area (Å²) >= 11 is 0. The van der Waals surface area contributed by atoms with Crippen molar-refractivity contribution in [3.05, 3.63) is 12.2 Å². The van der Waals surface area contributed by atoms with E-state index in [0.29, 0.717) is 6.54 Å². The number of nitrogens with one attached hydrogen (secondary N) is 1. The van der Waals surface area contributed by atoms with E-state index >= 15 is 0 Å². The van der Waals surface area contributed by atoms with Crippen LogP contribution in [0, 0.1) is 23.7 Å². The first-order valence-electron chi connectivity index (χ1n) is 6.43. The maximum absolute atomic E-state index is 12.2. The molecule has 6 atom stereocenters. The van der Waals surface area contributed by atoms with Gasteiger partial charge < -0.3 is 10.4 Å². The molecule has 2 aliphatic carbocycles. The number of aliphatic carboxylic acids is 1. The Hall–Kier alpha value is -1.17. The van der Waals surface area contributed by atoms with Crippen LogP contribution in [0.15, 0.2) is 12.2 Å². The van der Waals surface area contributed by atoms with E-state index in [1.807, 2.05) is 12.2 Å². The Labute approximate surface area is 114 Å². The standard InChI is InChI=1S/C13H19NO4S/c1-7(19(2)18)6-14-12(15)10-8-3-4-9(5-8)11(10)13(16)17/h3-4,7-11H,5-6H2,1-2H3,(H,14,15)(H,16,17). The summed E-state index contributed by atoms with van der Waals surface area (Å²) in [4.78, 5) is 23.5. The van der Waals surface area contributed by atoms with Crippen LogP contribution in [-0.4, -0.2) is 39.2 Å². The molecule has 5 nitrogen and oxygen atoms in total. The third-order valence-electron chi connectivity index (χ3n) is 4.18. The summed E-state index contributed by atoms with van der Waals surface area (Å²) < 4.78 is 11.2. The van der Waals surface area contributed by atoms with E-state index in [4.69, 9.17) is 0 Å². The number of fused-ring (bicyclic) bond motifs is 2. The molecule has 2 rings (SSSR count). The van der Waals surface area contributed by atoms with Gasteiger partial charge in [0.15, 0.2) is 0 Å². The number of allylic oxidation sites excluding steroid dienone is 2. The molecule has 1 amide bonds. The molecule has 6 heteroatoms. The zero-order chi connectivity index (χ0) is 14.2. The number of hydrogen-bond acceptors (Lipinski definition) is 3. The normalized spacial score (nSPS) is 35.1.